The summed E-state index contributed by atoms with van der Waals surface area (Å²) in [6.45, 7) is 4.15. The molecule has 6 unspecified atom stereocenters. The SMILES string of the molecule is CCCC/C=C\C/C=C\CCCCCCCC(=O)OC(COCCCCCCCCCCC)COP(=O)(O)OC1C(O)C(O)C(O)C(O)C1O. The van der Waals surface area contributed by atoms with Gasteiger partial charge in [-0.1, -0.05) is 122 Å². The van der Waals surface area contributed by atoms with Gasteiger partial charge in [0.05, 0.1) is 13.2 Å². The van der Waals surface area contributed by atoms with E-state index in [2.05, 4.69) is 38.2 Å². The highest BCUT2D eigenvalue weighted by Gasteiger charge is 2.51. The molecule has 50 heavy (non-hydrogen) atoms. The molecule has 0 amide bonds. The van der Waals surface area contributed by atoms with Gasteiger partial charge in [-0.2, -0.15) is 0 Å². The van der Waals surface area contributed by atoms with E-state index in [-0.39, 0.29) is 13.0 Å². The number of hydrogen-bond donors (Lipinski definition) is 6. The lowest BCUT2D eigenvalue weighted by Gasteiger charge is -2.41. The van der Waals surface area contributed by atoms with Crippen LogP contribution in [0.4, 0.5) is 0 Å². The third-order valence-corrected chi connectivity index (χ3v) is 9.81. The van der Waals surface area contributed by atoms with Crippen LogP contribution in [0.5, 0.6) is 0 Å². The first-order valence-corrected chi connectivity index (χ1v) is 20.7. The highest BCUT2D eigenvalue weighted by molar-refractivity contribution is 7.47. The first-order chi connectivity index (χ1) is 24.0. The molecule has 0 aromatic rings. The zero-order chi connectivity index (χ0) is 37.0. The number of aliphatic hydroxyl groups excluding tert-OH is 5. The van der Waals surface area contributed by atoms with Gasteiger partial charge in [-0.25, -0.2) is 4.57 Å². The quantitative estimate of drug-likeness (QED) is 0.0205. The van der Waals surface area contributed by atoms with Gasteiger partial charge in [0.2, 0.25) is 0 Å². The van der Waals surface area contributed by atoms with Gasteiger partial charge in [-0.3, -0.25) is 13.8 Å². The van der Waals surface area contributed by atoms with Crippen LogP contribution in [-0.4, -0.2) is 98.9 Å². The minimum Gasteiger partial charge on any atom is -0.457 e. The molecule has 0 heterocycles. The Bertz CT molecular complexity index is 931. The van der Waals surface area contributed by atoms with E-state index in [1.165, 1.54) is 51.4 Å². The first-order valence-electron chi connectivity index (χ1n) is 19.2. The minimum atomic E-state index is -5.00. The van der Waals surface area contributed by atoms with Crippen LogP contribution < -0.4 is 0 Å². The molecule has 6 atom stereocenters. The smallest absolute Gasteiger partial charge is 0.457 e. The minimum absolute atomic E-state index is 0.0803. The van der Waals surface area contributed by atoms with Crippen LogP contribution in [0.25, 0.3) is 0 Å². The third kappa shape index (κ3) is 22.0. The number of rotatable bonds is 31. The summed E-state index contributed by atoms with van der Waals surface area (Å²) in [6, 6.07) is 0. The molecule has 1 aliphatic rings. The zero-order valence-corrected chi connectivity index (χ0v) is 31.6. The van der Waals surface area contributed by atoms with Crippen LogP contribution >= 0.6 is 7.82 Å². The fourth-order valence-electron chi connectivity index (χ4n) is 5.66. The van der Waals surface area contributed by atoms with Crippen LogP contribution in [0, 0.1) is 0 Å². The summed E-state index contributed by atoms with van der Waals surface area (Å²) >= 11 is 0. The number of ether oxygens (including phenoxy) is 2. The van der Waals surface area contributed by atoms with Gasteiger partial charge < -0.3 is 39.9 Å². The average Bonchev–Trinajstić information content (AvgIpc) is 3.09. The van der Waals surface area contributed by atoms with Gasteiger partial charge in [0.25, 0.3) is 0 Å². The number of phosphoric acid groups is 1. The Balaban J connectivity index is 2.49. The Morgan fingerprint density at radius 2 is 1.14 bits per heavy atom. The van der Waals surface area contributed by atoms with Crippen molar-refractivity contribution in [3.05, 3.63) is 24.3 Å². The van der Waals surface area contributed by atoms with E-state index in [1.54, 1.807) is 0 Å². The van der Waals surface area contributed by atoms with E-state index >= 15 is 0 Å². The Labute approximate surface area is 300 Å². The van der Waals surface area contributed by atoms with Gasteiger partial charge in [-0.05, 0) is 38.5 Å². The van der Waals surface area contributed by atoms with Crippen molar-refractivity contribution in [2.24, 2.45) is 0 Å². The van der Waals surface area contributed by atoms with E-state index in [1.807, 2.05) is 0 Å². The molecule has 12 nitrogen and oxygen atoms in total. The predicted octanol–water partition coefficient (Wildman–Crippen LogP) is 6.19. The second kappa shape index (κ2) is 29.3. The van der Waals surface area contributed by atoms with E-state index in [0.29, 0.717) is 13.0 Å². The van der Waals surface area contributed by atoms with Crippen molar-refractivity contribution in [1.29, 1.82) is 0 Å². The molecular formula is C37H69O12P. The van der Waals surface area contributed by atoms with Gasteiger partial charge in [-0.15, -0.1) is 0 Å². The lowest BCUT2D eigenvalue weighted by atomic mass is 9.85. The summed E-state index contributed by atoms with van der Waals surface area (Å²) in [7, 11) is -5.00. The highest BCUT2D eigenvalue weighted by atomic mass is 31.2. The van der Waals surface area contributed by atoms with Crippen molar-refractivity contribution in [3.8, 4) is 0 Å². The molecule has 1 aliphatic carbocycles. The molecule has 1 saturated carbocycles. The number of aliphatic hydroxyl groups is 5. The van der Waals surface area contributed by atoms with Crippen LogP contribution in [0.15, 0.2) is 24.3 Å². The van der Waals surface area contributed by atoms with Gasteiger partial charge in [0.1, 0.15) is 42.7 Å². The number of unbranched alkanes of at least 4 members (excludes halogenated alkanes) is 15. The van der Waals surface area contributed by atoms with Crippen molar-refractivity contribution in [2.45, 2.75) is 185 Å². The van der Waals surface area contributed by atoms with E-state index in [9.17, 15) is 39.8 Å². The maximum atomic E-state index is 12.7. The molecule has 0 aromatic carbocycles. The average molecular weight is 737 g/mol. The van der Waals surface area contributed by atoms with Crippen molar-refractivity contribution in [3.63, 3.8) is 0 Å². The number of carbonyl (C=O) groups is 1. The molecular weight excluding hydrogens is 667 g/mol. The summed E-state index contributed by atoms with van der Waals surface area (Å²) < 4.78 is 33.9. The van der Waals surface area contributed by atoms with Crippen molar-refractivity contribution in [2.75, 3.05) is 19.8 Å². The second-order valence-corrected chi connectivity index (χ2v) is 14.8. The molecule has 0 radical (unpaired) electrons. The van der Waals surface area contributed by atoms with Gasteiger partial charge in [0, 0.05) is 13.0 Å². The number of carbonyl (C=O) groups excluding carboxylic acids is 1. The highest BCUT2D eigenvalue weighted by Crippen LogP contribution is 2.47. The number of esters is 1. The molecule has 1 rings (SSSR count). The topological polar surface area (TPSA) is 192 Å². The number of hydrogen-bond acceptors (Lipinski definition) is 11. The summed E-state index contributed by atoms with van der Waals surface area (Å²) in [5, 5.41) is 49.9. The Morgan fingerprint density at radius 1 is 0.640 bits per heavy atom. The fourth-order valence-corrected chi connectivity index (χ4v) is 6.64. The molecule has 1 fully saturated rings. The molecule has 0 bridgehead atoms. The summed E-state index contributed by atoms with van der Waals surface area (Å²) in [6.07, 6.45) is 16.9. The van der Waals surface area contributed by atoms with Crippen molar-refractivity contribution >= 4 is 13.8 Å². The van der Waals surface area contributed by atoms with Crippen LogP contribution in [0.3, 0.4) is 0 Å². The molecule has 0 aromatic heterocycles. The Kier molecular flexibility index (Phi) is 27.4. The molecule has 0 aliphatic heterocycles. The zero-order valence-electron chi connectivity index (χ0n) is 30.7. The Morgan fingerprint density at radius 3 is 1.74 bits per heavy atom. The normalized spacial score (nSPS) is 24.6. The van der Waals surface area contributed by atoms with E-state index < -0.39 is 63.1 Å². The standard InChI is InChI=1S/C37H69O12P/c1-3-5-7-9-11-13-14-15-16-17-18-20-22-24-26-31(38)48-30(28-46-27-25-23-21-19-12-10-8-6-4-2)29-47-50(44,45)49-37-35(42)33(40)32(39)34(41)36(37)43/h9,11,14-15,30,32-37,39-43H,3-8,10,12-13,16-29H2,1-2H3,(H,44,45)/b11-9-,15-14-. The molecule has 0 saturated heterocycles. The molecule has 0 spiro atoms. The Hall–Kier alpha value is -1.18. The summed E-state index contributed by atoms with van der Waals surface area (Å²) in [5.41, 5.74) is 0. The lowest BCUT2D eigenvalue weighted by molar-refractivity contribution is -0.220. The molecule has 294 valence electrons. The fraction of sp³-hybridized carbons (Fsp3) is 0.865. The van der Waals surface area contributed by atoms with Crippen LogP contribution in [-0.2, 0) is 27.9 Å². The molecule has 13 heteroatoms. The predicted molar refractivity (Wildman–Crippen MR) is 193 cm³/mol. The maximum Gasteiger partial charge on any atom is 0.472 e. The van der Waals surface area contributed by atoms with Gasteiger partial charge >= 0.3 is 13.8 Å². The van der Waals surface area contributed by atoms with E-state index in [0.717, 1.165) is 64.2 Å². The van der Waals surface area contributed by atoms with Crippen LogP contribution in [0.1, 0.15) is 142 Å². The van der Waals surface area contributed by atoms with E-state index in [4.69, 9.17) is 18.5 Å². The van der Waals surface area contributed by atoms with Crippen molar-refractivity contribution < 1.29 is 58.3 Å². The molecule has 6 N–H and O–H groups in total. The first kappa shape index (κ1) is 46.8. The monoisotopic (exact) mass is 736 g/mol. The number of allylic oxidation sites excluding steroid dienone is 4. The summed E-state index contributed by atoms with van der Waals surface area (Å²) in [5.74, 6) is -0.493. The lowest BCUT2D eigenvalue weighted by Crippen LogP contribution is -2.64. The number of phosphoric ester groups is 1. The summed E-state index contributed by atoms with van der Waals surface area (Å²) in [4.78, 5) is 23.0. The van der Waals surface area contributed by atoms with Crippen molar-refractivity contribution in [1.82, 2.24) is 0 Å². The van der Waals surface area contributed by atoms with Gasteiger partial charge in [0.15, 0.2) is 0 Å². The third-order valence-electron chi connectivity index (χ3n) is 8.83. The maximum absolute atomic E-state index is 12.7. The largest absolute Gasteiger partial charge is 0.472 e. The second-order valence-electron chi connectivity index (χ2n) is 13.4. The van der Waals surface area contributed by atoms with Crippen LogP contribution in [0.2, 0.25) is 0 Å².